The summed E-state index contributed by atoms with van der Waals surface area (Å²) in [4.78, 5) is 11.0. The van der Waals surface area contributed by atoms with Gasteiger partial charge in [-0.05, 0) is 42.7 Å². The van der Waals surface area contributed by atoms with E-state index in [0.29, 0.717) is 35.0 Å². The number of anilines is 1. The molecule has 0 fully saturated rings. The van der Waals surface area contributed by atoms with Gasteiger partial charge < -0.3 is 5.11 Å². The third-order valence-corrected chi connectivity index (χ3v) is 7.16. The summed E-state index contributed by atoms with van der Waals surface area (Å²) in [5.74, 6) is -1.04. The zero-order valence-corrected chi connectivity index (χ0v) is 14.8. The second-order valence-electron chi connectivity index (χ2n) is 5.02. The molecule has 1 aliphatic rings. The van der Waals surface area contributed by atoms with Gasteiger partial charge in [0.2, 0.25) is 0 Å². The maximum absolute atomic E-state index is 12.9. The SMILES string of the molecule is O=C(O)c1ccc2c(c1)CCCN2S(=O)(=O)c1cc(Cl)sc1Cl. The summed E-state index contributed by atoms with van der Waals surface area (Å²) in [6, 6.07) is 5.78. The van der Waals surface area contributed by atoms with Crippen molar-refractivity contribution < 1.29 is 18.3 Å². The van der Waals surface area contributed by atoms with Crippen LogP contribution in [0.3, 0.4) is 0 Å². The van der Waals surface area contributed by atoms with Crippen molar-refractivity contribution in [2.45, 2.75) is 17.7 Å². The molecule has 0 spiro atoms. The van der Waals surface area contributed by atoms with Gasteiger partial charge in [0.1, 0.15) is 9.23 Å². The van der Waals surface area contributed by atoms with Gasteiger partial charge in [-0.15, -0.1) is 11.3 Å². The molecule has 122 valence electrons. The maximum Gasteiger partial charge on any atom is 0.335 e. The first kappa shape index (κ1) is 16.6. The lowest BCUT2D eigenvalue weighted by molar-refractivity contribution is 0.0697. The van der Waals surface area contributed by atoms with E-state index in [0.717, 1.165) is 11.3 Å². The average molecular weight is 392 g/mol. The Labute approximate surface area is 147 Å². The van der Waals surface area contributed by atoms with Crippen LogP contribution in [0.4, 0.5) is 5.69 Å². The molecule has 1 aromatic carbocycles. The van der Waals surface area contributed by atoms with E-state index in [1.807, 2.05) is 0 Å². The van der Waals surface area contributed by atoms with Crippen LogP contribution in [0, 0.1) is 0 Å². The highest BCUT2D eigenvalue weighted by Crippen LogP contribution is 2.39. The number of halogens is 2. The number of benzene rings is 1. The summed E-state index contributed by atoms with van der Waals surface area (Å²) in [5.41, 5.74) is 1.32. The van der Waals surface area contributed by atoms with Crippen molar-refractivity contribution in [3.63, 3.8) is 0 Å². The van der Waals surface area contributed by atoms with E-state index >= 15 is 0 Å². The normalized spacial score (nSPS) is 14.6. The van der Waals surface area contributed by atoms with Crippen molar-refractivity contribution in [3.05, 3.63) is 44.1 Å². The molecule has 0 saturated carbocycles. The molecule has 2 aromatic rings. The Balaban J connectivity index is 2.09. The minimum Gasteiger partial charge on any atom is -0.478 e. The molecule has 5 nitrogen and oxygen atoms in total. The third kappa shape index (κ3) is 2.94. The van der Waals surface area contributed by atoms with Crippen LogP contribution in [0.5, 0.6) is 0 Å². The molecule has 1 N–H and O–H groups in total. The molecule has 1 aliphatic heterocycles. The van der Waals surface area contributed by atoms with Gasteiger partial charge in [0.05, 0.1) is 15.6 Å². The molecule has 0 bridgehead atoms. The number of carbonyl (C=O) groups is 1. The van der Waals surface area contributed by atoms with Crippen LogP contribution in [0.2, 0.25) is 8.67 Å². The first-order valence-electron chi connectivity index (χ1n) is 6.64. The second kappa shape index (κ2) is 5.98. The third-order valence-electron chi connectivity index (χ3n) is 3.60. The Morgan fingerprint density at radius 1 is 1.26 bits per heavy atom. The Kier molecular flexibility index (Phi) is 4.31. The monoisotopic (exact) mass is 391 g/mol. The standard InChI is InChI=1S/C14H11Cl2NO4S2/c15-12-7-11(13(16)22-12)23(20,21)17-5-1-2-8-6-9(14(18)19)3-4-10(8)17/h3-4,6-7H,1-2,5H2,(H,18,19). The number of rotatable bonds is 3. The minimum absolute atomic E-state index is 0.0238. The molecule has 0 unspecified atom stereocenters. The molecule has 3 rings (SSSR count). The van der Waals surface area contributed by atoms with E-state index in [1.54, 1.807) is 0 Å². The highest BCUT2D eigenvalue weighted by atomic mass is 35.5. The van der Waals surface area contributed by atoms with Crippen molar-refractivity contribution in [2.24, 2.45) is 0 Å². The topological polar surface area (TPSA) is 74.7 Å². The molecule has 0 amide bonds. The quantitative estimate of drug-likeness (QED) is 0.860. The molecule has 0 atom stereocenters. The average Bonchev–Trinajstić information content (AvgIpc) is 2.85. The molecular weight excluding hydrogens is 381 g/mol. The number of carboxylic acid groups (broad SMARTS) is 1. The van der Waals surface area contributed by atoms with Crippen molar-refractivity contribution in [1.29, 1.82) is 0 Å². The van der Waals surface area contributed by atoms with E-state index in [2.05, 4.69) is 0 Å². The Bertz CT molecular complexity index is 892. The first-order valence-corrected chi connectivity index (χ1v) is 9.66. The zero-order chi connectivity index (χ0) is 16.8. The van der Waals surface area contributed by atoms with Crippen molar-refractivity contribution in [3.8, 4) is 0 Å². The zero-order valence-electron chi connectivity index (χ0n) is 11.6. The number of carboxylic acids is 1. The summed E-state index contributed by atoms with van der Waals surface area (Å²) >= 11 is 12.8. The summed E-state index contributed by atoms with van der Waals surface area (Å²) in [7, 11) is -3.84. The van der Waals surface area contributed by atoms with Gasteiger partial charge in [0, 0.05) is 6.54 Å². The Morgan fingerprint density at radius 3 is 2.61 bits per heavy atom. The van der Waals surface area contributed by atoms with Crippen LogP contribution in [0.25, 0.3) is 0 Å². The molecule has 1 aromatic heterocycles. The van der Waals surface area contributed by atoms with E-state index in [-0.39, 0.29) is 14.8 Å². The van der Waals surface area contributed by atoms with Crippen LogP contribution in [0.1, 0.15) is 22.3 Å². The predicted molar refractivity (Wildman–Crippen MR) is 90.6 cm³/mol. The lowest BCUT2D eigenvalue weighted by Crippen LogP contribution is -2.35. The number of nitrogens with zero attached hydrogens (tertiary/aromatic N) is 1. The summed E-state index contributed by atoms with van der Waals surface area (Å²) in [5, 5.41) is 9.07. The summed E-state index contributed by atoms with van der Waals surface area (Å²) in [6.45, 7) is 0.311. The van der Waals surface area contributed by atoms with Crippen LogP contribution < -0.4 is 4.31 Å². The lowest BCUT2D eigenvalue weighted by atomic mass is 10.0. The molecular formula is C14H11Cl2NO4S2. The molecule has 0 aliphatic carbocycles. The highest BCUT2D eigenvalue weighted by molar-refractivity contribution is 7.93. The number of hydrogen-bond donors (Lipinski definition) is 1. The fourth-order valence-corrected chi connectivity index (χ4v) is 6.22. The van der Waals surface area contributed by atoms with E-state index in [9.17, 15) is 13.2 Å². The molecule has 9 heteroatoms. The van der Waals surface area contributed by atoms with Gasteiger partial charge >= 0.3 is 5.97 Å². The van der Waals surface area contributed by atoms with Gasteiger partial charge in [-0.3, -0.25) is 4.31 Å². The van der Waals surface area contributed by atoms with Crippen LogP contribution in [0.15, 0.2) is 29.2 Å². The van der Waals surface area contributed by atoms with Gasteiger partial charge in [-0.1, -0.05) is 23.2 Å². The van der Waals surface area contributed by atoms with Crippen molar-refractivity contribution >= 4 is 56.2 Å². The van der Waals surface area contributed by atoms with Crippen molar-refractivity contribution in [1.82, 2.24) is 0 Å². The number of sulfonamides is 1. The van der Waals surface area contributed by atoms with E-state index < -0.39 is 16.0 Å². The second-order valence-corrected chi connectivity index (χ2v) is 9.13. The Morgan fingerprint density at radius 2 is 2.00 bits per heavy atom. The summed E-state index contributed by atoms with van der Waals surface area (Å²) in [6.07, 6.45) is 1.23. The fourth-order valence-electron chi connectivity index (χ4n) is 2.57. The maximum atomic E-state index is 12.9. The van der Waals surface area contributed by atoms with Gasteiger partial charge in [-0.2, -0.15) is 0 Å². The van der Waals surface area contributed by atoms with Crippen LogP contribution in [-0.2, 0) is 16.4 Å². The minimum atomic E-state index is -3.84. The van der Waals surface area contributed by atoms with Gasteiger partial charge in [0.25, 0.3) is 10.0 Å². The smallest absolute Gasteiger partial charge is 0.335 e. The highest BCUT2D eigenvalue weighted by Gasteiger charge is 2.32. The predicted octanol–water partition coefficient (Wildman–Crippen LogP) is 3.89. The van der Waals surface area contributed by atoms with Gasteiger partial charge in [-0.25, -0.2) is 13.2 Å². The molecule has 2 heterocycles. The molecule has 0 saturated heterocycles. The number of hydrogen-bond acceptors (Lipinski definition) is 4. The van der Waals surface area contributed by atoms with Crippen molar-refractivity contribution in [2.75, 3.05) is 10.8 Å². The molecule has 23 heavy (non-hydrogen) atoms. The largest absolute Gasteiger partial charge is 0.478 e. The fraction of sp³-hybridized carbons (Fsp3) is 0.214. The number of thiophene rings is 1. The van der Waals surface area contributed by atoms with Crippen LogP contribution in [-0.4, -0.2) is 26.0 Å². The number of aryl methyl sites for hydroxylation is 1. The van der Waals surface area contributed by atoms with E-state index in [1.165, 1.54) is 28.6 Å². The Hall–Kier alpha value is -1.28. The van der Waals surface area contributed by atoms with E-state index in [4.69, 9.17) is 28.3 Å². The summed E-state index contributed by atoms with van der Waals surface area (Å²) < 4.78 is 27.4. The van der Waals surface area contributed by atoms with Crippen LogP contribution >= 0.6 is 34.5 Å². The lowest BCUT2D eigenvalue weighted by Gasteiger charge is -2.30. The number of aromatic carboxylic acids is 1. The first-order chi connectivity index (χ1) is 10.8. The number of fused-ring (bicyclic) bond motifs is 1. The molecule has 0 radical (unpaired) electrons. The van der Waals surface area contributed by atoms with Gasteiger partial charge in [0.15, 0.2) is 0 Å².